The Balaban J connectivity index is 1.69. The molecule has 1 unspecified atom stereocenters. The first-order chi connectivity index (χ1) is 13.4. The first kappa shape index (κ1) is 19.3. The molecule has 2 aromatic carbocycles. The van der Waals surface area contributed by atoms with Crippen molar-refractivity contribution in [3.05, 3.63) is 76.5 Å². The molecule has 0 radical (unpaired) electrons. The van der Waals surface area contributed by atoms with Gasteiger partial charge in [-0.2, -0.15) is 9.78 Å². The summed E-state index contributed by atoms with van der Waals surface area (Å²) in [5, 5.41) is 9.24. The summed E-state index contributed by atoms with van der Waals surface area (Å²) in [7, 11) is 1.59. The van der Waals surface area contributed by atoms with E-state index in [0.29, 0.717) is 17.8 Å². The van der Waals surface area contributed by atoms with Gasteiger partial charge in [0.15, 0.2) is 0 Å². The zero-order valence-corrected chi connectivity index (χ0v) is 15.3. The van der Waals surface area contributed by atoms with E-state index in [0.717, 1.165) is 18.2 Å². The summed E-state index contributed by atoms with van der Waals surface area (Å²) in [6, 6.07) is 8.38. The molecule has 0 aliphatic carbocycles. The second kappa shape index (κ2) is 8.03. The van der Waals surface area contributed by atoms with Crippen LogP contribution in [0.4, 0.5) is 19.3 Å². The third-order valence-electron chi connectivity index (χ3n) is 4.24. The molecule has 1 aromatic heterocycles. The van der Waals surface area contributed by atoms with Crippen molar-refractivity contribution in [3.8, 4) is 5.69 Å². The van der Waals surface area contributed by atoms with Crippen LogP contribution in [0.1, 0.15) is 24.9 Å². The van der Waals surface area contributed by atoms with Crippen LogP contribution in [-0.2, 0) is 7.05 Å². The van der Waals surface area contributed by atoms with Crippen LogP contribution in [0.15, 0.2) is 53.6 Å². The molecule has 0 saturated carbocycles. The van der Waals surface area contributed by atoms with E-state index in [4.69, 9.17) is 0 Å². The molecule has 1 atom stereocenters. The van der Waals surface area contributed by atoms with E-state index >= 15 is 0 Å². The molecule has 0 saturated heterocycles. The fourth-order valence-electron chi connectivity index (χ4n) is 2.75. The van der Waals surface area contributed by atoms with Crippen molar-refractivity contribution in [3.63, 3.8) is 0 Å². The summed E-state index contributed by atoms with van der Waals surface area (Å²) in [4.78, 5) is 24.2. The van der Waals surface area contributed by atoms with Gasteiger partial charge in [-0.25, -0.2) is 18.4 Å². The van der Waals surface area contributed by atoms with Gasteiger partial charge in [0.05, 0.1) is 11.7 Å². The van der Waals surface area contributed by atoms with Gasteiger partial charge < -0.3 is 10.6 Å². The summed E-state index contributed by atoms with van der Waals surface area (Å²) in [5.74, 6) is -1.16. The Bertz CT molecular complexity index is 1040. The minimum absolute atomic E-state index is 0.0857. The van der Waals surface area contributed by atoms with Crippen LogP contribution in [-0.4, -0.2) is 20.4 Å². The van der Waals surface area contributed by atoms with Crippen molar-refractivity contribution in [2.24, 2.45) is 7.05 Å². The minimum atomic E-state index is -0.679. The topological polar surface area (TPSA) is 81.0 Å². The quantitative estimate of drug-likeness (QED) is 0.706. The second-order valence-corrected chi connectivity index (χ2v) is 6.21. The number of amides is 2. The summed E-state index contributed by atoms with van der Waals surface area (Å²) in [6.45, 7) is 1.76. The minimum Gasteiger partial charge on any atom is -0.331 e. The highest BCUT2D eigenvalue weighted by Crippen LogP contribution is 2.21. The molecule has 0 fully saturated rings. The highest BCUT2D eigenvalue weighted by atomic mass is 19.1. The number of nitrogens with zero attached hydrogens (tertiary/aromatic N) is 3. The molecule has 7 nitrogen and oxygen atoms in total. The van der Waals surface area contributed by atoms with Gasteiger partial charge in [-0.05, 0) is 48.9 Å². The zero-order chi connectivity index (χ0) is 20.3. The van der Waals surface area contributed by atoms with Crippen molar-refractivity contribution >= 4 is 11.7 Å². The lowest BCUT2D eigenvalue weighted by atomic mass is 10.0. The number of urea groups is 1. The average molecular weight is 387 g/mol. The molecule has 2 N–H and O–H groups in total. The summed E-state index contributed by atoms with van der Waals surface area (Å²) >= 11 is 0. The lowest BCUT2D eigenvalue weighted by molar-refractivity contribution is 0.248. The predicted octanol–water partition coefficient (Wildman–Crippen LogP) is 3.12. The molecule has 0 spiro atoms. The number of nitrogens with one attached hydrogen (secondary N) is 2. The number of anilines is 1. The first-order valence-corrected chi connectivity index (χ1v) is 8.62. The van der Waals surface area contributed by atoms with Crippen molar-refractivity contribution in [2.75, 3.05) is 5.32 Å². The fraction of sp³-hybridized carbons (Fsp3) is 0.211. The number of halogens is 2. The Labute approximate surface area is 159 Å². The Hall–Kier alpha value is -3.49. The van der Waals surface area contributed by atoms with Gasteiger partial charge in [-0.15, -0.1) is 0 Å². The number of hydrogen-bond acceptors (Lipinski definition) is 3. The maximum absolute atomic E-state index is 14.0. The van der Waals surface area contributed by atoms with Crippen LogP contribution >= 0.6 is 0 Å². The van der Waals surface area contributed by atoms with Gasteiger partial charge in [0.1, 0.15) is 18.0 Å². The third-order valence-corrected chi connectivity index (χ3v) is 4.24. The lowest BCUT2D eigenvalue weighted by Crippen LogP contribution is -2.32. The van der Waals surface area contributed by atoms with Crippen LogP contribution in [0.2, 0.25) is 0 Å². The van der Waals surface area contributed by atoms with E-state index in [1.54, 1.807) is 38.2 Å². The Morgan fingerprint density at radius 2 is 1.89 bits per heavy atom. The van der Waals surface area contributed by atoms with Crippen LogP contribution in [0.3, 0.4) is 0 Å². The third kappa shape index (κ3) is 4.08. The van der Waals surface area contributed by atoms with Crippen molar-refractivity contribution < 1.29 is 13.6 Å². The highest BCUT2D eigenvalue weighted by molar-refractivity contribution is 5.89. The van der Waals surface area contributed by atoms with Crippen molar-refractivity contribution in [1.82, 2.24) is 19.7 Å². The highest BCUT2D eigenvalue weighted by Gasteiger charge is 2.17. The Morgan fingerprint density at radius 3 is 2.50 bits per heavy atom. The van der Waals surface area contributed by atoms with E-state index < -0.39 is 23.7 Å². The Kier molecular flexibility index (Phi) is 5.53. The normalized spacial score (nSPS) is 11.9. The Morgan fingerprint density at radius 1 is 1.18 bits per heavy atom. The first-order valence-electron chi connectivity index (χ1n) is 8.62. The van der Waals surface area contributed by atoms with Crippen LogP contribution in [0, 0.1) is 11.6 Å². The van der Waals surface area contributed by atoms with Crippen LogP contribution < -0.4 is 16.3 Å². The smallest absolute Gasteiger partial charge is 0.331 e. The SMILES string of the molecule is CCC(NC(=O)Nc1ccc(-n2ncn(C)c2=O)cc1)c1cc(F)ccc1F. The molecule has 3 rings (SSSR count). The molecule has 9 heteroatoms. The maximum atomic E-state index is 14.0. The van der Waals surface area contributed by atoms with E-state index in [1.807, 2.05) is 0 Å². The van der Waals surface area contributed by atoms with Gasteiger partial charge >= 0.3 is 11.7 Å². The molecule has 1 heterocycles. The molecular weight excluding hydrogens is 368 g/mol. The molecule has 0 bridgehead atoms. The average Bonchev–Trinajstić information content (AvgIpc) is 3.01. The van der Waals surface area contributed by atoms with E-state index in [-0.39, 0.29) is 11.3 Å². The maximum Gasteiger partial charge on any atom is 0.350 e. The number of benzene rings is 2. The van der Waals surface area contributed by atoms with Gasteiger partial charge in [0.25, 0.3) is 0 Å². The number of carbonyl (C=O) groups is 1. The van der Waals surface area contributed by atoms with Gasteiger partial charge in [0.2, 0.25) is 0 Å². The van der Waals surface area contributed by atoms with Gasteiger partial charge in [0, 0.05) is 18.3 Å². The zero-order valence-electron chi connectivity index (χ0n) is 15.3. The molecule has 2 amide bonds. The number of aromatic nitrogens is 3. The summed E-state index contributed by atoms with van der Waals surface area (Å²) in [5.41, 5.74) is 0.813. The fourth-order valence-corrected chi connectivity index (χ4v) is 2.75. The molecule has 0 aliphatic heterocycles. The number of carbonyl (C=O) groups excluding carboxylic acids is 1. The number of aryl methyl sites for hydroxylation is 1. The number of rotatable bonds is 5. The van der Waals surface area contributed by atoms with Crippen LogP contribution in [0.25, 0.3) is 5.69 Å². The molecular formula is C19H19F2N5O2. The van der Waals surface area contributed by atoms with Crippen LogP contribution in [0.5, 0.6) is 0 Å². The molecule has 28 heavy (non-hydrogen) atoms. The van der Waals surface area contributed by atoms with Crippen molar-refractivity contribution in [2.45, 2.75) is 19.4 Å². The lowest BCUT2D eigenvalue weighted by Gasteiger charge is -2.18. The summed E-state index contributed by atoms with van der Waals surface area (Å²) in [6.07, 6.45) is 1.79. The van der Waals surface area contributed by atoms with Gasteiger partial charge in [-0.1, -0.05) is 6.92 Å². The predicted molar refractivity (Wildman–Crippen MR) is 100 cm³/mol. The standard InChI is InChI=1S/C19H19F2N5O2/c1-3-17(15-10-12(20)4-9-16(15)21)24-18(27)23-13-5-7-14(8-6-13)26-19(28)25(2)11-22-26/h4-11,17H,3H2,1-2H3,(H2,23,24,27). The largest absolute Gasteiger partial charge is 0.350 e. The van der Waals surface area contributed by atoms with E-state index in [9.17, 15) is 18.4 Å². The monoisotopic (exact) mass is 387 g/mol. The molecule has 0 aliphatic rings. The molecule has 3 aromatic rings. The second-order valence-electron chi connectivity index (χ2n) is 6.21. The van der Waals surface area contributed by atoms with Crippen molar-refractivity contribution in [1.29, 1.82) is 0 Å². The van der Waals surface area contributed by atoms with E-state index in [1.165, 1.54) is 15.6 Å². The number of hydrogen-bond donors (Lipinski definition) is 2. The molecule has 146 valence electrons. The van der Waals surface area contributed by atoms with E-state index in [2.05, 4.69) is 15.7 Å². The van der Waals surface area contributed by atoms with Gasteiger partial charge in [-0.3, -0.25) is 4.57 Å². The summed E-state index contributed by atoms with van der Waals surface area (Å²) < 4.78 is 29.9.